The minimum Gasteiger partial charge on any atom is -0.382 e. The molecule has 0 amide bonds. The summed E-state index contributed by atoms with van der Waals surface area (Å²) in [5.41, 5.74) is 0.907. The molecule has 58 valence electrons. The van der Waals surface area contributed by atoms with Crippen molar-refractivity contribution in [3.63, 3.8) is 0 Å². The van der Waals surface area contributed by atoms with Crippen LogP contribution >= 0.6 is 0 Å². The van der Waals surface area contributed by atoms with E-state index in [1.807, 2.05) is 36.9 Å². The Kier molecular flexibility index (Phi) is 1.66. The summed E-state index contributed by atoms with van der Waals surface area (Å²) >= 11 is 0. The van der Waals surface area contributed by atoms with Crippen molar-refractivity contribution in [2.24, 2.45) is 0 Å². The number of nitrogens with zero attached hydrogens (tertiary/aromatic N) is 3. The molecule has 3 nitrogen and oxygen atoms in total. The second-order valence-electron chi connectivity index (χ2n) is 2.58. The maximum Gasteiger partial charge on any atom is 0.225 e. The predicted octanol–water partition coefficient (Wildman–Crippen LogP) is 0.341. The third-order valence-electron chi connectivity index (χ3n) is 1.72. The van der Waals surface area contributed by atoms with Crippen LogP contribution in [0, 0.1) is 0 Å². The Morgan fingerprint density at radius 2 is 2.08 bits per heavy atom. The highest BCUT2D eigenvalue weighted by atomic mass is 15.0. The van der Waals surface area contributed by atoms with Gasteiger partial charge in [0.15, 0.2) is 0 Å². The van der Waals surface area contributed by atoms with Gasteiger partial charge in [0.05, 0.1) is 0 Å². The third-order valence-corrected chi connectivity index (χ3v) is 1.72. The van der Waals surface area contributed by atoms with E-state index in [1.54, 1.807) is 12.4 Å². The van der Waals surface area contributed by atoms with Gasteiger partial charge in [0.25, 0.3) is 0 Å². The van der Waals surface area contributed by atoms with Crippen molar-refractivity contribution in [1.82, 2.24) is 14.4 Å². The lowest BCUT2D eigenvalue weighted by Gasteiger charge is -1.98. The molecule has 2 rings (SSSR count). The summed E-state index contributed by atoms with van der Waals surface area (Å²) < 4.78 is 1.95. The van der Waals surface area contributed by atoms with E-state index in [0.29, 0.717) is 0 Å². The first-order valence-electron chi connectivity index (χ1n) is 3.76. The largest absolute Gasteiger partial charge is 0.382 e. The molecule has 0 saturated carbocycles. The van der Waals surface area contributed by atoms with E-state index in [1.165, 1.54) is 0 Å². The van der Waals surface area contributed by atoms with Crippen molar-refractivity contribution < 1.29 is 0 Å². The molecule has 2 heterocycles. The summed E-state index contributed by atoms with van der Waals surface area (Å²) in [5.74, 6) is 0.899. The Balaban J connectivity index is 2.51. The molecular weight excluding hydrogens is 149 g/mol. The van der Waals surface area contributed by atoms with Crippen LogP contribution < -0.4 is 0 Å². The van der Waals surface area contributed by atoms with Crippen molar-refractivity contribution in [1.29, 1.82) is 0 Å². The number of hydrogen-bond donors (Lipinski definition) is 0. The molecule has 0 aliphatic heterocycles. The number of pyridine rings is 1. The van der Waals surface area contributed by atoms with Crippen LogP contribution in [0.1, 0.15) is 0 Å². The van der Waals surface area contributed by atoms with E-state index in [0.717, 1.165) is 11.5 Å². The molecule has 0 fully saturated rings. The van der Waals surface area contributed by atoms with E-state index in [9.17, 15) is 0 Å². The zero-order chi connectivity index (χ0) is 8.39. The van der Waals surface area contributed by atoms with Gasteiger partial charge in [-0.1, -0.05) is 6.07 Å². The quantitative estimate of drug-likeness (QED) is 0.559. The van der Waals surface area contributed by atoms with E-state index in [4.69, 9.17) is 0 Å². The maximum absolute atomic E-state index is 4.20. The molecule has 0 saturated heterocycles. The molecular formula is C8H8BN3. The smallest absolute Gasteiger partial charge is 0.225 e. The fourth-order valence-corrected chi connectivity index (χ4v) is 1.11. The number of rotatable bonds is 1. The fraction of sp³-hybridized carbons (Fsp3) is 0. The molecule has 0 unspecified atom stereocenters. The zero-order valence-electron chi connectivity index (χ0n) is 6.81. The Labute approximate surface area is 71.5 Å². The van der Waals surface area contributed by atoms with E-state index < -0.39 is 0 Å². The van der Waals surface area contributed by atoms with Crippen molar-refractivity contribution >= 4 is 7.98 Å². The monoisotopic (exact) mass is 157 g/mol. The van der Waals surface area contributed by atoms with Crippen LogP contribution in [-0.2, 0) is 0 Å². The summed E-state index contributed by atoms with van der Waals surface area (Å²) in [6, 6.07) is 5.80. The molecule has 0 bridgehead atoms. The lowest BCUT2D eigenvalue weighted by Crippen LogP contribution is -1.94. The topological polar surface area (TPSA) is 30.7 Å². The van der Waals surface area contributed by atoms with Crippen LogP contribution in [0.4, 0.5) is 0 Å². The van der Waals surface area contributed by atoms with Gasteiger partial charge in [-0.3, -0.25) is 4.98 Å². The number of hydrogen-bond acceptors (Lipinski definition) is 2. The molecule has 2 aromatic heterocycles. The summed E-state index contributed by atoms with van der Waals surface area (Å²) in [4.78, 5) is 8.39. The van der Waals surface area contributed by atoms with Crippen LogP contribution in [0.2, 0.25) is 0 Å². The average Bonchev–Trinajstić information content (AvgIpc) is 2.53. The van der Waals surface area contributed by atoms with Crippen molar-refractivity contribution in [2.45, 2.75) is 0 Å². The molecule has 0 aliphatic rings. The summed E-state index contributed by atoms with van der Waals surface area (Å²) in [5, 5.41) is 0. The van der Waals surface area contributed by atoms with Crippen molar-refractivity contribution in [3.8, 4) is 11.5 Å². The van der Waals surface area contributed by atoms with E-state index in [2.05, 4.69) is 9.97 Å². The van der Waals surface area contributed by atoms with Crippen LogP contribution in [0.3, 0.4) is 0 Å². The lowest BCUT2D eigenvalue weighted by atomic mass is 10.3. The van der Waals surface area contributed by atoms with E-state index in [-0.39, 0.29) is 0 Å². The molecule has 0 radical (unpaired) electrons. The molecule has 0 spiro atoms. The van der Waals surface area contributed by atoms with Gasteiger partial charge in [-0.05, 0) is 12.1 Å². The van der Waals surface area contributed by atoms with Crippen LogP contribution in [-0.4, -0.2) is 22.4 Å². The van der Waals surface area contributed by atoms with Gasteiger partial charge >= 0.3 is 0 Å². The normalized spacial score (nSPS) is 10.0. The van der Waals surface area contributed by atoms with Crippen molar-refractivity contribution in [3.05, 3.63) is 36.8 Å². The van der Waals surface area contributed by atoms with Gasteiger partial charge in [0, 0.05) is 18.6 Å². The van der Waals surface area contributed by atoms with Crippen LogP contribution in [0.15, 0.2) is 36.8 Å². The predicted molar refractivity (Wildman–Crippen MR) is 49.4 cm³/mol. The van der Waals surface area contributed by atoms with E-state index >= 15 is 0 Å². The second-order valence-corrected chi connectivity index (χ2v) is 2.58. The maximum atomic E-state index is 4.20. The molecule has 0 aliphatic carbocycles. The van der Waals surface area contributed by atoms with Gasteiger partial charge in [-0.15, -0.1) is 0 Å². The molecule has 12 heavy (non-hydrogen) atoms. The zero-order valence-corrected chi connectivity index (χ0v) is 6.81. The Morgan fingerprint density at radius 3 is 2.67 bits per heavy atom. The van der Waals surface area contributed by atoms with Gasteiger partial charge in [0.2, 0.25) is 7.98 Å². The Hall–Kier alpha value is -1.58. The first-order valence-corrected chi connectivity index (χ1v) is 3.76. The standard InChI is InChI=1S/C8H8BN3/c9-12-6-5-11-8(12)7-3-1-2-4-10-7/h1-6H,9H2. The molecule has 0 atom stereocenters. The molecule has 0 N–H and O–H groups in total. The highest BCUT2D eigenvalue weighted by Gasteiger charge is 2.01. The number of aromatic nitrogens is 3. The van der Waals surface area contributed by atoms with Crippen LogP contribution in [0.5, 0.6) is 0 Å². The molecule has 4 heteroatoms. The van der Waals surface area contributed by atoms with Gasteiger partial charge in [-0.2, -0.15) is 0 Å². The lowest BCUT2D eigenvalue weighted by molar-refractivity contribution is 1.17. The summed E-state index contributed by atoms with van der Waals surface area (Å²) in [6.45, 7) is 0. The first-order chi connectivity index (χ1) is 5.88. The first kappa shape index (κ1) is 7.09. The highest BCUT2D eigenvalue weighted by Crippen LogP contribution is 2.10. The SMILES string of the molecule is Bn1ccnc1-c1ccccn1. The minimum atomic E-state index is 0.899. The highest BCUT2D eigenvalue weighted by molar-refractivity contribution is 6.08. The minimum absolute atomic E-state index is 0.899. The Bertz CT molecular complexity index is 369. The second kappa shape index (κ2) is 2.81. The summed E-state index contributed by atoms with van der Waals surface area (Å²) in [7, 11) is 1.96. The van der Waals surface area contributed by atoms with Gasteiger partial charge in [0.1, 0.15) is 11.5 Å². The average molecular weight is 157 g/mol. The third kappa shape index (κ3) is 1.11. The fourth-order valence-electron chi connectivity index (χ4n) is 1.11. The van der Waals surface area contributed by atoms with Gasteiger partial charge < -0.3 is 4.48 Å². The molecule has 0 aromatic carbocycles. The van der Waals surface area contributed by atoms with Gasteiger partial charge in [-0.25, -0.2) is 4.98 Å². The Morgan fingerprint density at radius 1 is 1.17 bits per heavy atom. The molecule has 2 aromatic rings. The summed E-state index contributed by atoms with van der Waals surface area (Å²) in [6.07, 6.45) is 5.44. The number of imidazole rings is 1. The van der Waals surface area contributed by atoms with Crippen molar-refractivity contribution in [2.75, 3.05) is 0 Å². The van der Waals surface area contributed by atoms with Crippen LogP contribution in [0.25, 0.3) is 11.5 Å².